The molecule has 0 bridgehead atoms. The van der Waals surface area contributed by atoms with Crippen LogP contribution in [0.5, 0.6) is 11.5 Å². The summed E-state index contributed by atoms with van der Waals surface area (Å²) >= 11 is 1.34. The molecule has 4 rings (SSSR count). The first-order chi connectivity index (χ1) is 14.8. The first kappa shape index (κ1) is 21.4. The molecule has 8 heteroatoms. The number of hydrogen-bond acceptors (Lipinski definition) is 6. The normalized spacial score (nSPS) is 15.8. The molecule has 1 aliphatic rings. The van der Waals surface area contributed by atoms with Crippen LogP contribution < -0.4 is 14.8 Å². The van der Waals surface area contributed by atoms with Crippen molar-refractivity contribution in [3.8, 4) is 11.5 Å². The van der Waals surface area contributed by atoms with Crippen molar-refractivity contribution >= 4 is 32.8 Å². The van der Waals surface area contributed by atoms with Gasteiger partial charge >= 0.3 is 0 Å². The maximum atomic E-state index is 13.3. The zero-order valence-corrected chi connectivity index (χ0v) is 19.1. The lowest BCUT2D eigenvalue weighted by molar-refractivity contribution is -0.116. The van der Waals surface area contributed by atoms with E-state index in [4.69, 9.17) is 9.47 Å². The number of amides is 1. The van der Waals surface area contributed by atoms with Crippen LogP contribution in [-0.2, 0) is 14.6 Å². The highest BCUT2D eigenvalue weighted by Gasteiger charge is 2.34. The molecule has 1 aliphatic heterocycles. The van der Waals surface area contributed by atoms with Crippen molar-refractivity contribution in [2.45, 2.75) is 36.0 Å². The second-order valence-corrected chi connectivity index (χ2v) is 10.1. The van der Waals surface area contributed by atoms with Crippen LogP contribution in [-0.4, -0.2) is 28.0 Å². The van der Waals surface area contributed by atoms with Crippen LogP contribution in [0.4, 0.5) is 5.69 Å². The molecule has 0 unspecified atom stereocenters. The lowest BCUT2D eigenvalue weighted by Gasteiger charge is -2.24. The van der Waals surface area contributed by atoms with Crippen molar-refractivity contribution in [2.24, 2.45) is 0 Å². The zero-order chi connectivity index (χ0) is 22.2. The number of sulfone groups is 1. The van der Waals surface area contributed by atoms with Gasteiger partial charge in [-0.15, -0.1) is 11.3 Å². The van der Waals surface area contributed by atoms with Crippen LogP contribution in [0.1, 0.15) is 35.3 Å². The Bertz CT molecular complexity index is 1230. The smallest absolute Gasteiger partial charge is 0.225 e. The summed E-state index contributed by atoms with van der Waals surface area (Å²) in [6, 6.07) is 12.3. The van der Waals surface area contributed by atoms with Gasteiger partial charge < -0.3 is 14.8 Å². The standard InChI is InChI=1S/C23H23NO5S2/c1-4-29-18-10-7-15(11-19(18)28-3)17-12-21(25)24-22-20(13-30-23(17)22)31(26,27)16-8-5-14(2)6-9-16/h5-11,13,17H,4,12H2,1-3H3,(H,24,25)/t17-/m1/s1. The number of carbonyl (C=O) groups is 1. The molecular formula is C23H23NO5S2. The Balaban J connectivity index is 1.78. The first-order valence-electron chi connectivity index (χ1n) is 9.89. The minimum absolute atomic E-state index is 0.132. The number of benzene rings is 2. The van der Waals surface area contributed by atoms with Crippen LogP contribution in [0.15, 0.2) is 57.6 Å². The fraction of sp³-hybridized carbons (Fsp3) is 0.261. The molecule has 2 heterocycles. The predicted molar refractivity (Wildman–Crippen MR) is 120 cm³/mol. The van der Waals surface area contributed by atoms with Crippen molar-refractivity contribution in [1.82, 2.24) is 0 Å². The molecule has 0 saturated carbocycles. The van der Waals surface area contributed by atoms with E-state index in [2.05, 4.69) is 5.32 Å². The SMILES string of the molecule is CCOc1ccc([C@H]2CC(=O)Nc3c(S(=O)(=O)c4ccc(C)cc4)csc32)cc1OC. The Labute approximate surface area is 185 Å². The molecule has 162 valence electrons. The van der Waals surface area contributed by atoms with E-state index in [-0.39, 0.29) is 28.0 Å². The minimum Gasteiger partial charge on any atom is -0.493 e. The lowest BCUT2D eigenvalue weighted by Crippen LogP contribution is -2.23. The van der Waals surface area contributed by atoms with Gasteiger partial charge in [0.15, 0.2) is 11.5 Å². The Morgan fingerprint density at radius 2 is 1.87 bits per heavy atom. The molecule has 6 nitrogen and oxygen atoms in total. The van der Waals surface area contributed by atoms with Crippen LogP contribution in [0.2, 0.25) is 0 Å². The number of fused-ring (bicyclic) bond motifs is 1. The van der Waals surface area contributed by atoms with Crippen molar-refractivity contribution in [3.05, 3.63) is 63.8 Å². The highest BCUT2D eigenvalue weighted by molar-refractivity contribution is 7.91. The summed E-state index contributed by atoms with van der Waals surface area (Å²) in [5.41, 5.74) is 2.22. The number of ether oxygens (including phenoxy) is 2. The molecule has 1 amide bonds. The third kappa shape index (κ3) is 3.93. The van der Waals surface area contributed by atoms with Gasteiger partial charge in [0.25, 0.3) is 0 Å². The molecule has 1 atom stereocenters. The quantitative estimate of drug-likeness (QED) is 0.577. The molecule has 1 N–H and O–H groups in total. The van der Waals surface area contributed by atoms with E-state index in [0.717, 1.165) is 16.0 Å². The molecule has 0 fully saturated rings. The van der Waals surface area contributed by atoms with Gasteiger partial charge in [-0.05, 0) is 43.7 Å². The number of methoxy groups -OCH3 is 1. The predicted octanol–water partition coefficient (Wildman–Crippen LogP) is 4.77. The third-order valence-electron chi connectivity index (χ3n) is 5.27. The third-order valence-corrected chi connectivity index (χ3v) is 8.31. The summed E-state index contributed by atoms with van der Waals surface area (Å²) in [5, 5.41) is 4.41. The van der Waals surface area contributed by atoms with E-state index in [1.165, 1.54) is 11.3 Å². The highest BCUT2D eigenvalue weighted by atomic mass is 32.2. The van der Waals surface area contributed by atoms with Gasteiger partial charge in [-0.2, -0.15) is 0 Å². The number of aryl methyl sites for hydroxylation is 1. The average Bonchev–Trinajstić information content (AvgIpc) is 3.18. The van der Waals surface area contributed by atoms with Crippen LogP contribution in [0.25, 0.3) is 0 Å². The highest BCUT2D eigenvalue weighted by Crippen LogP contribution is 2.47. The zero-order valence-electron chi connectivity index (χ0n) is 17.5. The molecule has 2 aromatic carbocycles. The fourth-order valence-corrected chi connectivity index (χ4v) is 6.60. The summed E-state index contributed by atoms with van der Waals surface area (Å²) in [4.78, 5) is 13.7. The van der Waals surface area contributed by atoms with Crippen molar-refractivity contribution < 1.29 is 22.7 Å². The maximum absolute atomic E-state index is 13.3. The summed E-state index contributed by atoms with van der Waals surface area (Å²) in [7, 11) is -2.19. The van der Waals surface area contributed by atoms with Gasteiger partial charge in [0.2, 0.25) is 15.7 Å². The van der Waals surface area contributed by atoms with Gasteiger partial charge in [0.1, 0.15) is 4.90 Å². The summed E-state index contributed by atoms with van der Waals surface area (Å²) in [6.07, 6.45) is 0.231. The van der Waals surface area contributed by atoms with E-state index in [1.54, 1.807) is 36.8 Å². The van der Waals surface area contributed by atoms with E-state index in [9.17, 15) is 13.2 Å². The summed E-state index contributed by atoms with van der Waals surface area (Å²) in [6.45, 7) is 4.31. The van der Waals surface area contributed by atoms with Crippen molar-refractivity contribution in [1.29, 1.82) is 0 Å². The maximum Gasteiger partial charge on any atom is 0.225 e. The van der Waals surface area contributed by atoms with E-state index in [1.807, 2.05) is 32.0 Å². The molecule has 0 radical (unpaired) electrons. The topological polar surface area (TPSA) is 81.7 Å². The minimum atomic E-state index is -3.76. The average molecular weight is 458 g/mol. The second kappa shape index (κ2) is 8.36. The van der Waals surface area contributed by atoms with Gasteiger partial charge in [-0.3, -0.25) is 4.79 Å². The van der Waals surface area contributed by atoms with Crippen molar-refractivity contribution in [3.63, 3.8) is 0 Å². The van der Waals surface area contributed by atoms with E-state index in [0.29, 0.717) is 23.8 Å². The first-order valence-corrected chi connectivity index (χ1v) is 12.2. The molecule has 0 aliphatic carbocycles. The summed E-state index contributed by atoms with van der Waals surface area (Å²) in [5.74, 6) is 0.725. The van der Waals surface area contributed by atoms with Gasteiger partial charge in [0, 0.05) is 22.6 Å². The van der Waals surface area contributed by atoms with E-state index >= 15 is 0 Å². The molecule has 0 saturated heterocycles. The van der Waals surface area contributed by atoms with Crippen LogP contribution in [0, 0.1) is 6.92 Å². The second-order valence-electron chi connectivity index (χ2n) is 7.30. The summed E-state index contributed by atoms with van der Waals surface area (Å²) < 4.78 is 37.6. The Morgan fingerprint density at radius 1 is 1.13 bits per heavy atom. The monoisotopic (exact) mass is 457 g/mol. The van der Waals surface area contributed by atoms with Gasteiger partial charge in [-0.25, -0.2) is 8.42 Å². The Morgan fingerprint density at radius 3 is 2.55 bits per heavy atom. The molecule has 0 spiro atoms. The van der Waals surface area contributed by atoms with Crippen molar-refractivity contribution in [2.75, 3.05) is 19.0 Å². The number of carbonyl (C=O) groups excluding carboxylic acids is 1. The van der Waals surface area contributed by atoms with Crippen LogP contribution >= 0.6 is 11.3 Å². The molecule has 3 aromatic rings. The molecule has 1 aromatic heterocycles. The van der Waals surface area contributed by atoms with E-state index < -0.39 is 9.84 Å². The largest absolute Gasteiger partial charge is 0.493 e. The van der Waals surface area contributed by atoms with Crippen LogP contribution in [0.3, 0.4) is 0 Å². The van der Waals surface area contributed by atoms with Gasteiger partial charge in [-0.1, -0.05) is 23.8 Å². The van der Waals surface area contributed by atoms with Gasteiger partial charge in [0.05, 0.1) is 24.3 Å². The number of anilines is 1. The molecular weight excluding hydrogens is 434 g/mol. The molecule has 31 heavy (non-hydrogen) atoms. The lowest BCUT2D eigenvalue weighted by atomic mass is 9.90. The Hall–Kier alpha value is -2.84. The number of rotatable bonds is 6. The Kier molecular flexibility index (Phi) is 5.77. The number of hydrogen-bond donors (Lipinski definition) is 1. The fourth-order valence-electron chi connectivity index (χ4n) is 3.69. The number of thiophene rings is 1. The number of nitrogens with one attached hydrogen (secondary N) is 1.